The Balaban J connectivity index is 1.50. The van der Waals surface area contributed by atoms with Crippen molar-refractivity contribution in [2.24, 2.45) is 0 Å². The fourth-order valence-electron chi connectivity index (χ4n) is 2.35. The van der Waals surface area contributed by atoms with Gasteiger partial charge in [0, 0.05) is 18.7 Å². The summed E-state index contributed by atoms with van der Waals surface area (Å²) in [5.41, 5.74) is 0.516. The van der Waals surface area contributed by atoms with Gasteiger partial charge in [-0.1, -0.05) is 18.2 Å². The number of nitrogens with one attached hydrogen (secondary N) is 2. The van der Waals surface area contributed by atoms with Crippen LogP contribution in [0.4, 0.5) is 10.5 Å². The number of ether oxygens (including phenoxy) is 3. The molecule has 1 unspecified atom stereocenters. The van der Waals surface area contributed by atoms with E-state index in [1.807, 2.05) is 24.3 Å². The van der Waals surface area contributed by atoms with E-state index in [4.69, 9.17) is 14.2 Å². The predicted molar refractivity (Wildman–Crippen MR) is 91.1 cm³/mol. The molecule has 7 nitrogen and oxygen atoms in total. The molecule has 2 N–H and O–H groups in total. The second-order valence-corrected chi connectivity index (χ2v) is 5.45. The minimum absolute atomic E-state index is 0.270. The first-order chi connectivity index (χ1) is 12.1. The molecule has 2 aromatic rings. The number of carbonyl (C=O) groups is 2. The van der Waals surface area contributed by atoms with Crippen LogP contribution in [-0.4, -0.2) is 31.3 Å². The van der Waals surface area contributed by atoms with Gasteiger partial charge in [0.2, 0.25) is 0 Å². The van der Waals surface area contributed by atoms with Crippen LogP contribution in [0, 0.1) is 0 Å². The number of anilines is 1. The molecule has 0 saturated carbocycles. The van der Waals surface area contributed by atoms with Crippen molar-refractivity contribution in [2.45, 2.75) is 13.0 Å². The van der Waals surface area contributed by atoms with Crippen molar-refractivity contribution in [1.82, 2.24) is 5.32 Å². The molecule has 1 aliphatic rings. The monoisotopic (exact) mass is 342 g/mol. The van der Waals surface area contributed by atoms with Crippen LogP contribution < -0.4 is 24.8 Å². The molecule has 1 heterocycles. The van der Waals surface area contributed by atoms with Gasteiger partial charge in [0.1, 0.15) is 12.4 Å². The highest BCUT2D eigenvalue weighted by Gasteiger charge is 2.21. The van der Waals surface area contributed by atoms with Crippen LogP contribution in [0.3, 0.4) is 0 Å². The predicted octanol–water partition coefficient (Wildman–Crippen LogP) is 2.57. The molecular formula is C18H18N2O5. The summed E-state index contributed by atoms with van der Waals surface area (Å²) in [4.78, 5) is 23.0. The first-order valence-corrected chi connectivity index (χ1v) is 7.82. The van der Waals surface area contributed by atoms with E-state index in [1.165, 1.54) is 6.92 Å². The van der Waals surface area contributed by atoms with E-state index < -0.39 is 5.97 Å². The number of benzene rings is 2. The van der Waals surface area contributed by atoms with Crippen molar-refractivity contribution >= 4 is 17.7 Å². The normalized spacial score (nSPS) is 15.2. The number of hydrogen-bond acceptors (Lipinski definition) is 5. The fraction of sp³-hybridized carbons (Fsp3) is 0.222. The van der Waals surface area contributed by atoms with Crippen molar-refractivity contribution in [3.63, 3.8) is 0 Å². The molecule has 0 spiro atoms. The Morgan fingerprint density at radius 1 is 1.16 bits per heavy atom. The quantitative estimate of drug-likeness (QED) is 0.659. The molecular weight excluding hydrogens is 324 g/mol. The van der Waals surface area contributed by atoms with Crippen molar-refractivity contribution in [3.8, 4) is 17.2 Å². The SMILES string of the molecule is CC(=O)Oc1cccc(NC(=O)NCC2COc3ccccc3O2)c1. The molecule has 1 aliphatic heterocycles. The maximum Gasteiger partial charge on any atom is 0.319 e. The minimum Gasteiger partial charge on any atom is -0.486 e. The van der Waals surface area contributed by atoms with E-state index >= 15 is 0 Å². The molecule has 0 radical (unpaired) electrons. The molecule has 2 aromatic carbocycles. The largest absolute Gasteiger partial charge is 0.486 e. The molecule has 7 heteroatoms. The lowest BCUT2D eigenvalue weighted by Gasteiger charge is -2.26. The Morgan fingerprint density at radius 2 is 1.96 bits per heavy atom. The molecule has 3 rings (SSSR count). The number of para-hydroxylation sites is 2. The van der Waals surface area contributed by atoms with Crippen molar-refractivity contribution < 1.29 is 23.8 Å². The lowest BCUT2D eigenvalue weighted by Crippen LogP contribution is -2.42. The van der Waals surface area contributed by atoms with Crippen LogP contribution in [0.5, 0.6) is 17.2 Å². The third-order valence-corrected chi connectivity index (χ3v) is 3.41. The molecule has 25 heavy (non-hydrogen) atoms. The number of amides is 2. The van der Waals surface area contributed by atoms with E-state index in [-0.39, 0.29) is 12.1 Å². The average Bonchev–Trinajstić information content (AvgIpc) is 2.59. The Hall–Kier alpha value is -3.22. The summed E-state index contributed by atoms with van der Waals surface area (Å²) in [7, 11) is 0. The maximum absolute atomic E-state index is 12.0. The molecule has 0 bridgehead atoms. The molecule has 130 valence electrons. The highest BCUT2D eigenvalue weighted by Crippen LogP contribution is 2.30. The van der Waals surface area contributed by atoms with Crippen LogP contribution in [0.1, 0.15) is 6.92 Å². The second kappa shape index (κ2) is 7.57. The van der Waals surface area contributed by atoms with Crippen molar-refractivity contribution in [3.05, 3.63) is 48.5 Å². The van der Waals surface area contributed by atoms with E-state index in [2.05, 4.69) is 10.6 Å². The van der Waals surface area contributed by atoms with E-state index in [9.17, 15) is 9.59 Å². The minimum atomic E-state index is -0.420. The zero-order chi connectivity index (χ0) is 17.6. The van der Waals surface area contributed by atoms with Crippen molar-refractivity contribution in [1.29, 1.82) is 0 Å². The van der Waals surface area contributed by atoms with Crippen LogP contribution in [-0.2, 0) is 4.79 Å². The summed E-state index contributed by atoms with van der Waals surface area (Å²) in [5.74, 6) is 1.31. The van der Waals surface area contributed by atoms with Gasteiger partial charge in [0.05, 0.1) is 6.54 Å². The van der Waals surface area contributed by atoms with Crippen LogP contribution in [0.15, 0.2) is 48.5 Å². The Kier molecular flexibility index (Phi) is 5.03. The summed E-state index contributed by atoms with van der Waals surface area (Å²) in [6.45, 7) is 1.97. The molecule has 0 fully saturated rings. The molecule has 0 aliphatic carbocycles. The molecule has 1 atom stereocenters. The topological polar surface area (TPSA) is 85.9 Å². The standard InChI is InChI=1S/C18H18N2O5/c1-12(21)24-14-6-4-5-13(9-14)20-18(22)19-10-15-11-23-16-7-2-3-8-17(16)25-15/h2-9,15H,10-11H2,1H3,(H2,19,20,22). The van der Waals surface area contributed by atoms with Gasteiger partial charge in [-0.05, 0) is 24.3 Å². The van der Waals surface area contributed by atoms with Crippen LogP contribution in [0.2, 0.25) is 0 Å². The van der Waals surface area contributed by atoms with Gasteiger partial charge in [-0.3, -0.25) is 4.79 Å². The summed E-state index contributed by atoms with van der Waals surface area (Å²) in [6.07, 6.45) is -0.270. The maximum atomic E-state index is 12.0. The zero-order valence-corrected chi connectivity index (χ0v) is 13.7. The van der Waals surface area contributed by atoms with E-state index in [0.29, 0.717) is 36.1 Å². The fourth-order valence-corrected chi connectivity index (χ4v) is 2.35. The first kappa shape index (κ1) is 16.6. The number of urea groups is 1. The van der Waals surface area contributed by atoms with E-state index in [0.717, 1.165) is 0 Å². The molecule has 2 amide bonds. The number of fused-ring (bicyclic) bond motifs is 1. The Labute approximate surface area is 144 Å². The number of hydrogen-bond donors (Lipinski definition) is 2. The highest BCUT2D eigenvalue weighted by molar-refractivity contribution is 5.89. The first-order valence-electron chi connectivity index (χ1n) is 7.82. The smallest absolute Gasteiger partial charge is 0.319 e. The number of esters is 1. The molecule has 0 saturated heterocycles. The number of carbonyl (C=O) groups excluding carboxylic acids is 2. The van der Waals surface area contributed by atoms with E-state index in [1.54, 1.807) is 24.3 Å². The Bertz CT molecular complexity index is 778. The van der Waals surface area contributed by atoms with Gasteiger partial charge >= 0.3 is 12.0 Å². The third kappa shape index (κ3) is 4.63. The second-order valence-electron chi connectivity index (χ2n) is 5.45. The van der Waals surface area contributed by atoms with Gasteiger partial charge in [0.25, 0.3) is 0 Å². The number of rotatable bonds is 4. The van der Waals surface area contributed by atoms with Crippen LogP contribution >= 0.6 is 0 Å². The van der Waals surface area contributed by atoms with Gasteiger partial charge in [-0.15, -0.1) is 0 Å². The zero-order valence-electron chi connectivity index (χ0n) is 13.7. The lowest BCUT2D eigenvalue weighted by molar-refractivity contribution is -0.131. The van der Waals surface area contributed by atoms with Gasteiger partial charge in [0.15, 0.2) is 17.6 Å². The highest BCUT2D eigenvalue weighted by atomic mass is 16.6. The summed E-state index contributed by atoms with van der Waals surface area (Å²) in [6, 6.07) is 13.6. The lowest BCUT2D eigenvalue weighted by atomic mass is 10.2. The third-order valence-electron chi connectivity index (χ3n) is 3.41. The summed E-state index contributed by atoms with van der Waals surface area (Å²) < 4.78 is 16.3. The molecule has 0 aromatic heterocycles. The van der Waals surface area contributed by atoms with Crippen molar-refractivity contribution in [2.75, 3.05) is 18.5 Å². The van der Waals surface area contributed by atoms with Gasteiger partial charge in [-0.25, -0.2) is 4.79 Å². The van der Waals surface area contributed by atoms with Crippen LogP contribution in [0.25, 0.3) is 0 Å². The van der Waals surface area contributed by atoms with Gasteiger partial charge < -0.3 is 24.8 Å². The van der Waals surface area contributed by atoms with Gasteiger partial charge in [-0.2, -0.15) is 0 Å². The summed E-state index contributed by atoms with van der Waals surface area (Å²) >= 11 is 0. The Morgan fingerprint density at radius 3 is 2.76 bits per heavy atom. The summed E-state index contributed by atoms with van der Waals surface area (Å²) in [5, 5.41) is 5.41. The average molecular weight is 342 g/mol.